The number of non-ortho nitro benzene ring substituents is 1. The molecule has 0 heterocycles. The smallest absolute Gasteiger partial charge is 0.270 e. The molecule has 1 aromatic rings. The Bertz CT molecular complexity index is 474. The summed E-state index contributed by atoms with van der Waals surface area (Å²) in [6, 6.07) is 4.12. The van der Waals surface area contributed by atoms with E-state index in [0.717, 1.165) is 12.8 Å². The molecule has 0 amide bonds. The average Bonchev–Trinajstić information content (AvgIpc) is 2.75. The lowest BCUT2D eigenvalue weighted by Crippen LogP contribution is -2.26. The third kappa shape index (κ3) is 3.02. The highest BCUT2D eigenvalue weighted by Gasteiger charge is 2.28. The molecular weight excluding hydrogens is 250 g/mol. The van der Waals surface area contributed by atoms with E-state index in [0.29, 0.717) is 17.7 Å². The summed E-state index contributed by atoms with van der Waals surface area (Å²) in [5.41, 5.74) is 0.281. The summed E-state index contributed by atoms with van der Waals surface area (Å²) in [4.78, 5) is 10.2. The van der Waals surface area contributed by atoms with Crippen LogP contribution in [0.3, 0.4) is 0 Å². The van der Waals surface area contributed by atoms with Gasteiger partial charge in [-0.15, -0.1) is 0 Å². The highest BCUT2D eigenvalue weighted by atomic mass is 16.6. The molecule has 1 fully saturated rings. The van der Waals surface area contributed by atoms with Crippen molar-refractivity contribution >= 4 is 5.69 Å². The molecule has 3 atom stereocenters. The van der Waals surface area contributed by atoms with E-state index in [-0.39, 0.29) is 11.8 Å². The monoisotopic (exact) mass is 267 g/mol. The zero-order valence-electron chi connectivity index (χ0n) is 10.7. The van der Waals surface area contributed by atoms with Crippen LogP contribution >= 0.6 is 0 Å². The average molecular weight is 267 g/mol. The van der Waals surface area contributed by atoms with E-state index in [1.807, 2.05) is 0 Å². The summed E-state index contributed by atoms with van der Waals surface area (Å²) in [7, 11) is 0. The molecule has 0 aliphatic heterocycles. The molecule has 1 aromatic carbocycles. The molecule has 1 aliphatic carbocycles. The summed E-state index contributed by atoms with van der Waals surface area (Å²) >= 11 is 0. The van der Waals surface area contributed by atoms with Crippen LogP contribution in [0.4, 0.5) is 5.69 Å². The van der Waals surface area contributed by atoms with Gasteiger partial charge in [0, 0.05) is 17.7 Å². The molecule has 2 N–H and O–H groups in total. The summed E-state index contributed by atoms with van der Waals surface area (Å²) in [5, 5.41) is 30.1. The number of benzene rings is 1. The maximum absolute atomic E-state index is 10.7. The first-order valence-electron chi connectivity index (χ1n) is 6.30. The molecule has 6 heteroatoms. The minimum atomic E-state index is -0.867. The maximum atomic E-state index is 10.7. The molecule has 1 aliphatic rings. The second kappa shape index (κ2) is 5.54. The van der Waals surface area contributed by atoms with E-state index >= 15 is 0 Å². The first-order chi connectivity index (χ1) is 8.99. The minimum absolute atomic E-state index is 0.0878. The Morgan fingerprint density at radius 1 is 1.47 bits per heavy atom. The Hall–Kier alpha value is -1.66. The molecule has 0 spiro atoms. The van der Waals surface area contributed by atoms with Crippen LogP contribution in [-0.2, 0) is 0 Å². The first-order valence-corrected chi connectivity index (χ1v) is 6.30. The van der Waals surface area contributed by atoms with Gasteiger partial charge in [0.15, 0.2) is 0 Å². The van der Waals surface area contributed by atoms with Gasteiger partial charge in [-0.25, -0.2) is 0 Å². The molecular formula is C13H17NO5. The molecule has 0 bridgehead atoms. The number of rotatable bonds is 4. The summed E-state index contributed by atoms with van der Waals surface area (Å²) < 4.78 is 5.68. The van der Waals surface area contributed by atoms with E-state index in [1.54, 1.807) is 0 Å². The fraction of sp³-hybridized carbons (Fsp3) is 0.538. The van der Waals surface area contributed by atoms with E-state index in [2.05, 4.69) is 0 Å². The number of aliphatic hydroxyl groups excluding tert-OH is 2. The minimum Gasteiger partial charge on any atom is -0.487 e. The van der Waals surface area contributed by atoms with Gasteiger partial charge in [0.1, 0.15) is 11.9 Å². The number of nitrogens with zero attached hydrogens (tertiary/aromatic N) is 1. The van der Waals surface area contributed by atoms with Crippen LogP contribution in [0.25, 0.3) is 0 Å². The molecule has 1 saturated carbocycles. The van der Waals surface area contributed by atoms with Gasteiger partial charge in [-0.1, -0.05) is 0 Å². The van der Waals surface area contributed by atoms with Crippen LogP contribution in [-0.4, -0.2) is 27.3 Å². The lowest BCUT2D eigenvalue weighted by Gasteiger charge is -2.20. The van der Waals surface area contributed by atoms with Crippen molar-refractivity contribution in [3.63, 3.8) is 0 Å². The van der Waals surface area contributed by atoms with E-state index < -0.39 is 17.1 Å². The second-order valence-corrected chi connectivity index (χ2v) is 4.81. The Balaban J connectivity index is 2.26. The van der Waals surface area contributed by atoms with Crippen molar-refractivity contribution in [1.29, 1.82) is 0 Å². The van der Waals surface area contributed by atoms with Gasteiger partial charge in [-0.05, 0) is 32.3 Å². The Kier molecular flexibility index (Phi) is 4.01. The van der Waals surface area contributed by atoms with Gasteiger partial charge in [0.2, 0.25) is 0 Å². The van der Waals surface area contributed by atoms with Crippen LogP contribution in [0.1, 0.15) is 37.9 Å². The summed E-state index contributed by atoms with van der Waals surface area (Å²) in [5.74, 6) is 0.395. The Morgan fingerprint density at radius 2 is 2.21 bits per heavy atom. The number of ether oxygens (including phenoxy) is 1. The molecule has 104 valence electrons. The van der Waals surface area contributed by atoms with Crippen molar-refractivity contribution < 1.29 is 19.9 Å². The molecule has 19 heavy (non-hydrogen) atoms. The van der Waals surface area contributed by atoms with Crippen molar-refractivity contribution in [3.8, 4) is 5.75 Å². The zero-order chi connectivity index (χ0) is 14.0. The fourth-order valence-corrected chi connectivity index (χ4v) is 2.29. The normalized spacial score (nSPS) is 24.2. The predicted octanol–water partition coefficient (Wildman–Crippen LogP) is 1.94. The van der Waals surface area contributed by atoms with Gasteiger partial charge in [0.05, 0.1) is 17.1 Å². The molecule has 2 unspecified atom stereocenters. The van der Waals surface area contributed by atoms with Crippen molar-refractivity contribution in [1.82, 2.24) is 0 Å². The van der Waals surface area contributed by atoms with Crippen molar-refractivity contribution in [2.45, 2.75) is 44.5 Å². The van der Waals surface area contributed by atoms with Crippen LogP contribution in [0.5, 0.6) is 5.75 Å². The van der Waals surface area contributed by atoms with Crippen LogP contribution < -0.4 is 4.74 Å². The third-order valence-electron chi connectivity index (χ3n) is 3.35. The Morgan fingerprint density at radius 3 is 2.74 bits per heavy atom. The molecule has 0 aromatic heterocycles. The quantitative estimate of drug-likeness (QED) is 0.642. The molecule has 2 rings (SSSR count). The fourth-order valence-electron chi connectivity index (χ4n) is 2.29. The SMILES string of the molecule is C[C@H](O)c1cc([N+](=O)[O-])ccc1OC1CCCC1O. The highest BCUT2D eigenvalue weighted by molar-refractivity contribution is 5.45. The molecule has 0 saturated heterocycles. The Labute approximate surface area is 110 Å². The third-order valence-corrected chi connectivity index (χ3v) is 3.35. The largest absolute Gasteiger partial charge is 0.487 e. The topological polar surface area (TPSA) is 92.8 Å². The standard InChI is InChI=1S/C13H17NO5/c1-8(15)10-7-9(14(17)18)5-6-12(10)19-13-4-2-3-11(13)16/h5-8,11,13,15-16H,2-4H2,1H3/t8-,11?,13?/m0/s1. The lowest BCUT2D eigenvalue weighted by molar-refractivity contribution is -0.385. The predicted molar refractivity (Wildman–Crippen MR) is 68.0 cm³/mol. The van der Waals surface area contributed by atoms with Crippen LogP contribution in [0, 0.1) is 10.1 Å². The van der Waals surface area contributed by atoms with Gasteiger partial charge in [-0.3, -0.25) is 10.1 Å². The zero-order valence-corrected chi connectivity index (χ0v) is 10.7. The molecule has 6 nitrogen and oxygen atoms in total. The number of nitro benzene ring substituents is 1. The van der Waals surface area contributed by atoms with Crippen molar-refractivity contribution in [2.24, 2.45) is 0 Å². The second-order valence-electron chi connectivity index (χ2n) is 4.81. The van der Waals surface area contributed by atoms with Crippen molar-refractivity contribution in [3.05, 3.63) is 33.9 Å². The van der Waals surface area contributed by atoms with Gasteiger partial charge in [-0.2, -0.15) is 0 Å². The van der Waals surface area contributed by atoms with Crippen LogP contribution in [0.15, 0.2) is 18.2 Å². The maximum Gasteiger partial charge on any atom is 0.270 e. The van der Waals surface area contributed by atoms with E-state index in [1.165, 1.54) is 25.1 Å². The van der Waals surface area contributed by atoms with E-state index in [9.17, 15) is 20.3 Å². The summed E-state index contributed by atoms with van der Waals surface area (Å²) in [6.45, 7) is 1.52. The number of aliphatic hydroxyl groups is 2. The van der Waals surface area contributed by atoms with E-state index in [4.69, 9.17) is 4.74 Å². The first kappa shape index (κ1) is 13.8. The van der Waals surface area contributed by atoms with Gasteiger partial charge in [0.25, 0.3) is 5.69 Å². The molecule has 0 radical (unpaired) electrons. The summed E-state index contributed by atoms with van der Waals surface area (Å²) in [6.07, 6.45) is 0.645. The van der Waals surface area contributed by atoms with Crippen LogP contribution in [0.2, 0.25) is 0 Å². The number of nitro groups is 1. The van der Waals surface area contributed by atoms with Crippen molar-refractivity contribution in [2.75, 3.05) is 0 Å². The lowest BCUT2D eigenvalue weighted by atomic mass is 10.1. The van der Waals surface area contributed by atoms with Gasteiger partial charge >= 0.3 is 0 Å². The van der Waals surface area contributed by atoms with Gasteiger partial charge < -0.3 is 14.9 Å². The highest BCUT2D eigenvalue weighted by Crippen LogP contribution is 2.32. The number of hydrogen-bond donors (Lipinski definition) is 2. The number of hydrogen-bond acceptors (Lipinski definition) is 5.